The summed E-state index contributed by atoms with van der Waals surface area (Å²) in [5.41, 5.74) is 0. The van der Waals surface area contributed by atoms with Crippen molar-refractivity contribution >= 4 is 11.9 Å². The number of fused-ring (bicyclic) bond motifs is 2. The van der Waals surface area contributed by atoms with Crippen molar-refractivity contribution in [2.75, 3.05) is 11.9 Å². The van der Waals surface area contributed by atoms with Crippen LogP contribution >= 0.6 is 0 Å². The number of carbonyl (C=O) groups is 1. The molecular formula is C12H18N4O2. The molecule has 1 heterocycles. The summed E-state index contributed by atoms with van der Waals surface area (Å²) in [6, 6.07) is 0.278. The van der Waals surface area contributed by atoms with Crippen molar-refractivity contribution in [3.8, 4) is 6.01 Å². The number of ether oxygens (including phenoxy) is 1. The minimum atomic E-state index is 0.0707. The quantitative estimate of drug-likeness (QED) is 0.850. The average Bonchev–Trinajstić information content (AvgIpc) is 3.05. The van der Waals surface area contributed by atoms with E-state index in [-0.39, 0.29) is 17.8 Å². The summed E-state index contributed by atoms with van der Waals surface area (Å²) >= 11 is 0. The number of nitrogens with one attached hydrogen (secondary N) is 2. The summed E-state index contributed by atoms with van der Waals surface area (Å²) in [6.07, 6.45) is 4.75. The van der Waals surface area contributed by atoms with Gasteiger partial charge in [0, 0.05) is 5.92 Å². The lowest BCUT2D eigenvalue weighted by Gasteiger charge is -2.19. The van der Waals surface area contributed by atoms with Gasteiger partial charge in [0.1, 0.15) is 0 Å². The van der Waals surface area contributed by atoms with E-state index in [1.54, 1.807) is 0 Å². The average molecular weight is 250 g/mol. The maximum atomic E-state index is 12.1. The van der Waals surface area contributed by atoms with Crippen LogP contribution in [0.25, 0.3) is 0 Å². The standard InChI is InChI=1S/C12H18N4O2/c1-2-18-12-14-11(15-16-12)13-10(17)9-6-7-3-4-8(9)5-7/h7-9H,2-6H2,1H3,(H2,13,14,15,16,17). The lowest BCUT2D eigenvalue weighted by Crippen LogP contribution is -2.27. The predicted octanol–water partition coefficient (Wildman–Crippen LogP) is 1.58. The monoisotopic (exact) mass is 250 g/mol. The normalized spacial score (nSPS) is 29.5. The van der Waals surface area contributed by atoms with Crippen molar-refractivity contribution in [3.63, 3.8) is 0 Å². The van der Waals surface area contributed by atoms with Crippen LogP contribution in [-0.4, -0.2) is 27.7 Å². The van der Waals surface area contributed by atoms with Crippen LogP contribution in [-0.2, 0) is 4.79 Å². The van der Waals surface area contributed by atoms with Crippen molar-refractivity contribution < 1.29 is 9.53 Å². The predicted molar refractivity (Wildman–Crippen MR) is 65.1 cm³/mol. The Morgan fingerprint density at radius 2 is 2.39 bits per heavy atom. The minimum absolute atomic E-state index is 0.0707. The number of aromatic nitrogens is 3. The molecule has 3 rings (SSSR count). The smallest absolute Gasteiger partial charge is 0.337 e. The molecule has 98 valence electrons. The molecule has 2 aliphatic rings. The van der Waals surface area contributed by atoms with Gasteiger partial charge in [-0.3, -0.25) is 10.1 Å². The van der Waals surface area contributed by atoms with Gasteiger partial charge in [-0.05, 0) is 38.0 Å². The number of hydrogen-bond acceptors (Lipinski definition) is 4. The van der Waals surface area contributed by atoms with Gasteiger partial charge in [-0.15, -0.1) is 5.10 Å². The highest BCUT2D eigenvalue weighted by atomic mass is 16.5. The van der Waals surface area contributed by atoms with E-state index in [0.29, 0.717) is 18.5 Å². The Hall–Kier alpha value is -1.59. The molecule has 1 amide bonds. The second-order valence-corrected chi connectivity index (χ2v) is 5.17. The molecule has 0 saturated heterocycles. The van der Waals surface area contributed by atoms with Gasteiger partial charge in [-0.25, -0.2) is 5.10 Å². The van der Waals surface area contributed by atoms with E-state index in [0.717, 1.165) is 12.3 Å². The van der Waals surface area contributed by atoms with Gasteiger partial charge in [-0.1, -0.05) is 6.42 Å². The topological polar surface area (TPSA) is 79.9 Å². The molecule has 2 fully saturated rings. The van der Waals surface area contributed by atoms with E-state index in [9.17, 15) is 4.79 Å². The molecule has 1 aromatic rings. The largest absolute Gasteiger partial charge is 0.463 e. The first-order valence-electron chi connectivity index (χ1n) is 6.62. The molecule has 3 unspecified atom stereocenters. The third-order valence-electron chi connectivity index (χ3n) is 4.05. The van der Waals surface area contributed by atoms with Crippen LogP contribution in [0.15, 0.2) is 0 Å². The highest BCUT2D eigenvalue weighted by Gasteiger charge is 2.43. The molecule has 2 N–H and O–H groups in total. The van der Waals surface area contributed by atoms with Gasteiger partial charge in [0.25, 0.3) is 0 Å². The number of hydrogen-bond donors (Lipinski definition) is 2. The van der Waals surface area contributed by atoms with E-state index in [2.05, 4.69) is 20.5 Å². The van der Waals surface area contributed by atoms with Crippen molar-refractivity contribution in [1.82, 2.24) is 15.2 Å². The summed E-state index contributed by atoms with van der Waals surface area (Å²) in [5.74, 6) is 1.95. The zero-order chi connectivity index (χ0) is 12.5. The Morgan fingerprint density at radius 1 is 1.50 bits per heavy atom. The van der Waals surface area contributed by atoms with E-state index in [1.165, 1.54) is 19.3 Å². The highest BCUT2D eigenvalue weighted by Crippen LogP contribution is 2.48. The number of rotatable bonds is 4. The van der Waals surface area contributed by atoms with Crippen LogP contribution < -0.4 is 10.1 Å². The van der Waals surface area contributed by atoms with E-state index in [4.69, 9.17) is 4.74 Å². The highest BCUT2D eigenvalue weighted by molar-refractivity contribution is 5.91. The molecule has 6 nitrogen and oxygen atoms in total. The Balaban J connectivity index is 1.60. The second-order valence-electron chi connectivity index (χ2n) is 5.17. The van der Waals surface area contributed by atoms with Crippen LogP contribution in [0.5, 0.6) is 6.01 Å². The van der Waals surface area contributed by atoms with Gasteiger partial charge in [0.05, 0.1) is 6.61 Å². The second kappa shape index (κ2) is 4.59. The zero-order valence-electron chi connectivity index (χ0n) is 10.5. The summed E-state index contributed by atoms with van der Waals surface area (Å²) < 4.78 is 5.14. The van der Waals surface area contributed by atoms with Crippen molar-refractivity contribution in [2.24, 2.45) is 17.8 Å². The van der Waals surface area contributed by atoms with Crippen LogP contribution in [0.3, 0.4) is 0 Å². The Labute approximate surface area is 106 Å². The van der Waals surface area contributed by atoms with Crippen molar-refractivity contribution in [1.29, 1.82) is 0 Å². The summed E-state index contributed by atoms with van der Waals surface area (Å²) in [4.78, 5) is 16.2. The van der Waals surface area contributed by atoms with Crippen LogP contribution in [0, 0.1) is 17.8 Å². The van der Waals surface area contributed by atoms with Gasteiger partial charge in [-0.2, -0.15) is 4.98 Å². The summed E-state index contributed by atoms with van der Waals surface area (Å²) in [5, 5.41) is 9.33. The fraction of sp³-hybridized carbons (Fsp3) is 0.750. The molecule has 0 spiro atoms. The number of anilines is 1. The fourth-order valence-corrected chi connectivity index (χ4v) is 3.27. The van der Waals surface area contributed by atoms with Crippen LogP contribution in [0.2, 0.25) is 0 Å². The Kier molecular flexibility index (Phi) is 2.93. The maximum Gasteiger partial charge on any atom is 0.337 e. The van der Waals surface area contributed by atoms with E-state index < -0.39 is 0 Å². The fourth-order valence-electron chi connectivity index (χ4n) is 3.27. The van der Waals surface area contributed by atoms with Crippen molar-refractivity contribution in [3.05, 3.63) is 0 Å². The molecule has 6 heteroatoms. The molecule has 2 aliphatic carbocycles. The number of amides is 1. The molecule has 2 saturated carbocycles. The molecule has 0 aromatic carbocycles. The molecule has 2 bridgehead atoms. The Bertz CT molecular complexity index is 445. The molecule has 1 aromatic heterocycles. The SMILES string of the molecule is CCOc1n[nH]c(NC(=O)C2CC3CCC2C3)n1. The summed E-state index contributed by atoms with van der Waals surface area (Å²) in [7, 11) is 0. The van der Waals surface area contributed by atoms with Crippen LogP contribution in [0.4, 0.5) is 5.95 Å². The molecule has 0 radical (unpaired) electrons. The van der Waals surface area contributed by atoms with E-state index >= 15 is 0 Å². The maximum absolute atomic E-state index is 12.1. The molecular weight excluding hydrogens is 232 g/mol. The van der Waals surface area contributed by atoms with Gasteiger partial charge >= 0.3 is 6.01 Å². The molecule has 0 aliphatic heterocycles. The minimum Gasteiger partial charge on any atom is -0.463 e. The number of carbonyl (C=O) groups excluding carboxylic acids is 1. The Morgan fingerprint density at radius 3 is 3.06 bits per heavy atom. The number of nitrogens with zero attached hydrogens (tertiary/aromatic N) is 2. The third kappa shape index (κ3) is 2.07. The van der Waals surface area contributed by atoms with Crippen LogP contribution in [0.1, 0.15) is 32.6 Å². The zero-order valence-corrected chi connectivity index (χ0v) is 10.5. The number of H-pyrrole nitrogens is 1. The first kappa shape index (κ1) is 11.5. The summed E-state index contributed by atoms with van der Waals surface area (Å²) in [6.45, 7) is 2.38. The molecule has 18 heavy (non-hydrogen) atoms. The lowest BCUT2D eigenvalue weighted by molar-refractivity contribution is -0.121. The van der Waals surface area contributed by atoms with Gasteiger partial charge < -0.3 is 4.74 Å². The molecule has 3 atom stereocenters. The first-order valence-corrected chi connectivity index (χ1v) is 6.62. The third-order valence-corrected chi connectivity index (χ3v) is 4.05. The number of aromatic amines is 1. The van der Waals surface area contributed by atoms with Gasteiger partial charge in [0.15, 0.2) is 0 Å². The lowest BCUT2D eigenvalue weighted by atomic mass is 9.88. The van der Waals surface area contributed by atoms with E-state index in [1.807, 2.05) is 6.92 Å². The van der Waals surface area contributed by atoms with Crippen molar-refractivity contribution in [2.45, 2.75) is 32.6 Å². The van der Waals surface area contributed by atoms with Gasteiger partial charge in [0.2, 0.25) is 11.9 Å². The first-order chi connectivity index (χ1) is 8.76.